The summed E-state index contributed by atoms with van der Waals surface area (Å²) >= 11 is 0. The van der Waals surface area contributed by atoms with E-state index in [2.05, 4.69) is 0 Å². The molecule has 0 amide bonds. The average molecular weight is 428 g/mol. The summed E-state index contributed by atoms with van der Waals surface area (Å²) in [5.74, 6) is 0. The van der Waals surface area contributed by atoms with Gasteiger partial charge < -0.3 is 4.79 Å². The zero-order valence-corrected chi connectivity index (χ0v) is 17.0. The molecule has 0 bridgehead atoms. The molecule has 0 fully saturated rings. The molecular weight excluding hydrogens is 408 g/mol. The molecule has 0 radical (unpaired) electrons. The molecule has 0 aliphatic rings. The molecule has 0 aliphatic carbocycles. The van der Waals surface area contributed by atoms with Gasteiger partial charge in [-0.05, 0) is 46.5 Å². The minimum atomic E-state index is -0.394. The molecule has 0 spiro atoms. The van der Waals surface area contributed by atoms with Crippen molar-refractivity contribution in [2.24, 2.45) is 0 Å². The SMILES string of the molecule is C=O.O=[N+]([O-])c1ccc(-c2ccccc2)cc1.O=[N+]([O-])c1ccc(-c2ccccc2)cc1. The number of hydrogen-bond acceptors (Lipinski definition) is 5. The number of carbonyl (C=O) groups excluding carboxylic acids is 1. The molecule has 0 aliphatic heterocycles. The van der Waals surface area contributed by atoms with Gasteiger partial charge in [0.15, 0.2) is 0 Å². The van der Waals surface area contributed by atoms with Crippen LogP contribution in [0.15, 0.2) is 109 Å². The van der Waals surface area contributed by atoms with E-state index in [1.54, 1.807) is 24.3 Å². The second-order valence-corrected chi connectivity index (χ2v) is 6.34. The highest BCUT2D eigenvalue weighted by Crippen LogP contribution is 2.22. The van der Waals surface area contributed by atoms with E-state index in [0.29, 0.717) is 0 Å². The Labute approximate surface area is 184 Å². The third-order valence-corrected chi connectivity index (χ3v) is 4.37. The Kier molecular flexibility index (Phi) is 8.96. The number of nitro benzene ring substituents is 2. The highest BCUT2D eigenvalue weighted by molar-refractivity contribution is 5.65. The lowest BCUT2D eigenvalue weighted by atomic mass is 10.1. The molecule has 0 saturated carbocycles. The first-order valence-electron chi connectivity index (χ1n) is 9.43. The fraction of sp³-hybridized carbons (Fsp3) is 0. The second-order valence-electron chi connectivity index (χ2n) is 6.34. The molecule has 4 aromatic rings. The first kappa shape index (κ1) is 23.6. The van der Waals surface area contributed by atoms with E-state index in [-0.39, 0.29) is 11.4 Å². The van der Waals surface area contributed by atoms with E-state index < -0.39 is 9.85 Å². The minimum Gasteiger partial charge on any atom is -0.307 e. The Morgan fingerprint density at radius 3 is 0.938 bits per heavy atom. The van der Waals surface area contributed by atoms with Crippen LogP contribution < -0.4 is 0 Å². The molecular formula is C25H20N2O5. The highest BCUT2D eigenvalue weighted by Gasteiger charge is 2.05. The third kappa shape index (κ3) is 6.70. The molecule has 160 valence electrons. The predicted octanol–water partition coefficient (Wildman–Crippen LogP) is 6.34. The van der Waals surface area contributed by atoms with E-state index in [9.17, 15) is 20.2 Å². The van der Waals surface area contributed by atoms with Gasteiger partial charge in [0.2, 0.25) is 0 Å². The van der Waals surface area contributed by atoms with Gasteiger partial charge in [0.05, 0.1) is 9.85 Å². The van der Waals surface area contributed by atoms with Crippen molar-refractivity contribution in [3.63, 3.8) is 0 Å². The molecule has 0 saturated heterocycles. The average Bonchev–Trinajstić information content (AvgIpc) is 2.87. The van der Waals surface area contributed by atoms with Gasteiger partial charge in [-0.15, -0.1) is 0 Å². The maximum Gasteiger partial charge on any atom is 0.269 e. The summed E-state index contributed by atoms with van der Waals surface area (Å²) in [6.07, 6.45) is 0. The lowest BCUT2D eigenvalue weighted by Crippen LogP contribution is -1.86. The van der Waals surface area contributed by atoms with Crippen molar-refractivity contribution < 1.29 is 14.6 Å². The molecule has 0 N–H and O–H groups in total. The van der Waals surface area contributed by atoms with E-state index in [0.717, 1.165) is 22.3 Å². The van der Waals surface area contributed by atoms with Crippen LogP contribution in [0.1, 0.15) is 0 Å². The van der Waals surface area contributed by atoms with Gasteiger partial charge in [0.1, 0.15) is 6.79 Å². The summed E-state index contributed by atoms with van der Waals surface area (Å²) < 4.78 is 0. The first-order chi connectivity index (χ1) is 15.5. The Balaban J connectivity index is 0.000000211. The summed E-state index contributed by atoms with van der Waals surface area (Å²) in [4.78, 5) is 28.1. The van der Waals surface area contributed by atoms with Gasteiger partial charge >= 0.3 is 0 Å². The largest absolute Gasteiger partial charge is 0.307 e. The molecule has 4 rings (SSSR count). The summed E-state index contributed by atoms with van der Waals surface area (Å²) in [5, 5.41) is 20.9. The zero-order chi connectivity index (χ0) is 23.3. The second kappa shape index (κ2) is 12.1. The van der Waals surface area contributed by atoms with Crippen molar-refractivity contribution in [3.8, 4) is 22.3 Å². The van der Waals surface area contributed by atoms with Gasteiger partial charge in [-0.3, -0.25) is 20.2 Å². The monoisotopic (exact) mass is 428 g/mol. The lowest BCUT2D eigenvalue weighted by molar-refractivity contribution is -0.385. The van der Waals surface area contributed by atoms with Crippen molar-refractivity contribution >= 4 is 18.2 Å². The topological polar surface area (TPSA) is 103 Å². The third-order valence-electron chi connectivity index (χ3n) is 4.37. The van der Waals surface area contributed by atoms with E-state index in [1.165, 1.54) is 24.3 Å². The molecule has 0 heterocycles. The van der Waals surface area contributed by atoms with Crippen LogP contribution in [-0.2, 0) is 4.79 Å². The van der Waals surface area contributed by atoms with Crippen LogP contribution in [-0.4, -0.2) is 16.6 Å². The maximum atomic E-state index is 10.5. The quantitative estimate of drug-likeness (QED) is 0.279. The molecule has 7 heteroatoms. The van der Waals surface area contributed by atoms with Crippen LogP contribution in [0.25, 0.3) is 22.3 Å². The maximum absolute atomic E-state index is 10.5. The van der Waals surface area contributed by atoms with Crippen molar-refractivity contribution in [2.75, 3.05) is 0 Å². The molecule has 7 nitrogen and oxygen atoms in total. The Morgan fingerprint density at radius 1 is 0.438 bits per heavy atom. The summed E-state index contributed by atoms with van der Waals surface area (Å²) in [5.41, 5.74) is 4.34. The van der Waals surface area contributed by atoms with Crippen molar-refractivity contribution in [1.29, 1.82) is 0 Å². The number of hydrogen-bond donors (Lipinski definition) is 0. The fourth-order valence-corrected chi connectivity index (χ4v) is 2.81. The number of nitro groups is 2. The van der Waals surface area contributed by atoms with Crippen LogP contribution >= 0.6 is 0 Å². The van der Waals surface area contributed by atoms with Crippen LogP contribution in [0.5, 0.6) is 0 Å². The van der Waals surface area contributed by atoms with Gasteiger partial charge in [0.25, 0.3) is 11.4 Å². The molecule has 0 unspecified atom stereocenters. The van der Waals surface area contributed by atoms with E-state index >= 15 is 0 Å². The van der Waals surface area contributed by atoms with Gasteiger partial charge in [0, 0.05) is 24.3 Å². The minimum absolute atomic E-state index is 0.120. The van der Waals surface area contributed by atoms with Crippen molar-refractivity contribution in [1.82, 2.24) is 0 Å². The number of benzene rings is 4. The first-order valence-corrected chi connectivity index (χ1v) is 9.43. The van der Waals surface area contributed by atoms with Crippen LogP contribution in [0.3, 0.4) is 0 Å². The Hall–Kier alpha value is -4.65. The normalized spacial score (nSPS) is 9.38. The van der Waals surface area contributed by atoms with Gasteiger partial charge in [-0.1, -0.05) is 60.7 Å². The fourth-order valence-electron chi connectivity index (χ4n) is 2.81. The van der Waals surface area contributed by atoms with Crippen molar-refractivity contribution in [2.45, 2.75) is 0 Å². The Morgan fingerprint density at radius 2 is 0.688 bits per heavy atom. The summed E-state index contributed by atoms with van der Waals surface area (Å²) in [6.45, 7) is 2.00. The lowest BCUT2D eigenvalue weighted by Gasteiger charge is -1.99. The molecule has 0 aromatic heterocycles. The number of nitrogens with zero attached hydrogens (tertiary/aromatic N) is 2. The predicted molar refractivity (Wildman–Crippen MR) is 124 cm³/mol. The van der Waals surface area contributed by atoms with E-state index in [4.69, 9.17) is 4.79 Å². The molecule has 4 aromatic carbocycles. The Bertz CT molecular complexity index is 1040. The van der Waals surface area contributed by atoms with Gasteiger partial charge in [-0.2, -0.15) is 0 Å². The smallest absolute Gasteiger partial charge is 0.269 e. The van der Waals surface area contributed by atoms with Crippen LogP contribution in [0.4, 0.5) is 11.4 Å². The number of carbonyl (C=O) groups is 1. The highest BCUT2D eigenvalue weighted by atomic mass is 16.6. The number of rotatable bonds is 4. The number of non-ortho nitro benzene ring substituents is 2. The molecule has 32 heavy (non-hydrogen) atoms. The van der Waals surface area contributed by atoms with Crippen molar-refractivity contribution in [3.05, 3.63) is 129 Å². The van der Waals surface area contributed by atoms with Crippen LogP contribution in [0.2, 0.25) is 0 Å². The van der Waals surface area contributed by atoms with E-state index in [1.807, 2.05) is 67.5 Å². The van der Waals surface area contributed by atoms with Gasteiger partial charge in [-0.25, -0.2) is 0 Å². The van der Waals surface area contributed by atoms with Crippen LogP contribution in [0, 0.1) is 20.2 Å². The summed E-state index contributed by atoms with van der Waals surface area (Å²) in [6, 6.07) is 32.6. The standard InChI is InChI=1S/2C12H9NO2.CH2O/c2*14-13(15)12-8-6-11(7-9-12)10-4-2-1-3-5-10;1-2/h2*1-9H;1H2. The summed E-state index contributed by atoms with van der Waals surface area (Å²) in [7, 11) is 0. The zero-order valence-electron chi connectivity index (χ0n) is 17.0. The molecule has 0 atom stereocenters.